The molecule has 0 aliphatic rings. The summed E-state index contributed by atoms with van der Waals surface area (Å²) >= 11 is 0. The van der Waals surface area contributed by atoms with E-state index >= 15 is 0 Å². The fraction of sp³-hybridized carbons (Fsp3) is 0.115. The third kappa shape index (κ3) is 5.31. The fourth-order valence-electron chi connectivity index (χ4n) is 4.13. The van der Waals surface area contributed by atoms with Crippen LogP contribution in [0, 0.1) is 6.92 Å². The van der Waals surface area contributed by atoms with Gasteiger partial charge in [-0.3, -0.25) is 19.2 Å². The Morgan fingerprint density at radius 1 is 1.00 bits per heavy atom. The van der Waals surface area contributed by atoms with E-state index in [2.05, 4.69) is 30.9 Å². The predicted octanol–water partition coefficient (Wildman–Crippen LogP) is 0.257. The van der Waals surface area contributed by atoms with Crippen LogP contribution in [0.25, 0.3) is 16.7 Å². The van der Waals surface area contributed by atoms with Crippen LogP contribution in [0.1, 0.15) is 64.9 Å². The predicted molar refractivity (Wildman–Crippen MR) is 142 cm³/mol. The van der Waals surface area contributed by atoms with Crippen LogP contribution >= 0.6 is 0 Å². The van der Waals surface area contributed by atoms with Gasteiger partial charge < -0.3 is 31.6 Å². The molecule has 3 heterocycles. The van der Waals surface area contributed by atoms with Gasteiger partial charge in [-0.1, -0.05) is 23.4 Å². The van der Waals surface area contributed by atoms with Crippen LogP contribution in [0.3, 0.4) is 0 Å². The third-order valence-corrected chi connectivity index (χ3v) is 6.14. The molecule has 7 N–H and O–H groups in total. The number of carbonyl (C=O) groups is 5. The van der Waals surface area contributed by atoms with Gasteiger partial charge in [0.05, 0.1) is 5.56 Å². The summed E-state index contributed by atoms with van der Waals surface area (Å²) in [6.45, 7) is 1.77. The first-order valence-electron chi connectivity index (χ1n) is 12.2. The Morgan fingerprint density at radius 2 is 1.74 bits per heavy atom. The van der Waals surface area contributed by atoms with E-state index in [1.54, 1.807) is 25.1 Å². The summed E-state index contributed by atoms with van der Waals surface area (Å²) in [5.41, 5.74) is 11.6. The molecule has 16 heteroatoms. The van der Waals surface area contributed by atoms with Gasteiger partial charge in [0.25, 0.3) is 17.7 Å². The molecule has 2 aromatic carbocycles. The van der Waals surface area contributed by atoms with E-state index in [-0.39, 0.29) is 34.7 Å². The van der Waals surface area contributed by atoms with E-state index in [0.29, 0.717) is 22.6 Å². The molecular weight excluding hydrogens is 550 g/mol. The highest BCUT2D eigenvalue weighted by atomic mass is 16.4. The second kappa shape index (κ2) is 10.8. The molecule has 5 rings (SSSR count). The number of benzene rings is 2. The molecule has 4 amide bonds. The van der Waals surface area contributed by atoms with Gasteiger partial charge in [-0.25, -0.2) is 14.8 Å². The minimum Gasteiger partial charge on any atom is -0.478 e. The lowest BCUT2D eigenvalue weighted by molar-refractivity contribution is -0.120. The summed E-state index contributed by atoms with van der Waals surface area (Å²) in [5, 5.41) is 21.6. The van der Waals surface area contributed by atoms with Crippen LogP contribution < -0.4 is 22.1 Å². The molecule has 0 aliphatic heterocycles. The molecular formula is C26H21N9O7. The fourth-order valence-corrected chi connectivity index (χ4v) is 4.13. The number of nitrogens with zero attached hydrogens (tertiary/aromatic N) is 5. The molecule has 0 bridgehead atoms. The topological polar surface area (TPSA) is 251 Å². The van der Waals surface area contributed by atoms with Crippen LogP contribution in [-0.4, -0.2) is 59.5 Å². The molecule has 0 fully saturated rings. The van der Waals surface area contributed by atoms with Gasteiger partial charge in [0.1, 0.15) is 22.9 Å². The number of nitrogens with one attached hydrogen (secondary N) is 2. The van der Waals surface area contributed by atoms with E-state index in [4.69, 9.17) is 21.0 Å². The number of carboxylic acid groups (broad SMARTS) is 1. The van der Waals surface area contributed by atoms with Gasteiger partial charge in [-0.2, -0.15) is 4.52 Å². The standard InChI is InChI=1S/C26H21N9O7/c1-11-30-15-8-12(2-7-18(15)42-11)10-29-24(38)16-9-17(35-23(31-16)20(22(28)37)33-34-35)25(39)32-19(21(27)36)13-3-5-14(6-4-13)26(40)41/h2-9,19H,10H2,1H3,(H2,27,36)(H2,28,37)(H,29,38)(H,32,39)(H,40,41)/t19-/m1/s1. The monoisotopic (exact) mass is 571 g/mol. The first-order chi connectivity index (χ1) is 20.0. The number of oxazole rings is 1. The molecule has 0 radical (unpaired) electrons. The number of aromatic carboxylic acids is 1. The van der Waals surface area contributed by atoms with Crippen molar-refractivity contribution in [2.24, 2.45) is 11.5 Å². The van der Waals surface area contributed by atoms with Crippen molar-refractivity contribution in [1.29, 1.82) is 0 Å². The maximum absolute atomic E-state index is 13.4. The zero-order valence-electron chi connectivity index (χ0n) is 21.7. The number of rotatable bonds is 9. The highest BCUT2D eigenvalue weighted by Gasteiger charge is 2.27. The molecule has 0 saturated heterocycles. The molecule has 3 aromatic heterocycles. The minimum absolute atomic E-state index is 0.0440. The van der Waals surface area contributed by atoms with Gasteiger partial charge >= 0.3 is 5.97 Å². The summed E-state index contributed by atoms with van der Waals surface area (Å²) in [6, 6.07) is 10.0. The summed E-state index contributed by atoms with van der Waals surface area (Å²) in [4.78, 5) is 70.2. The average molecular weight is 572 g/mol. The Hall–Kier alpha value is -6.19. The van der Waals surface area contributed by atoms with Gasteiger partial charge in [0.2, 0.25) is 5.91 Å². The van der Waals surface area contributed by atoms with Crippen LogP contribution in [0.15, 0.2) is 52.9 Å². The van der Waals surface area contributed by atoms with Gasteiger partial charge in [0, 0.05) is 19.5 Å². The summed E-state index contributed by atoms with van der Waals surface area (Å²) in [7, 11) is 0. The molecule has 0 spiro atoms. The Labute approximate surface area is 234 Å². The van der Waals surface area contributed by atoms with Crippen LogP contribution in [0.5, 0.6) is 0 Å². The maximum Gasteiger partial charge on any atom is 0.335 e. The number of fused-ring (bicyclic) bond motifs is 2. The number of hydrogen-bond acceptors (Lipinski definition) is 10. The van der Waals surface area contributed by atoms with Crippen molar-refractivity contribution >= 4 is 46.3 Å². The average Bonchev–Trinajstić information content (AvgIpc) is 3.56. The number of aromatic nitrogens is 5. The van der Waals surface area contributed by atoms with Crippen LogP contribution in [0.4, 0.5) is 0 Å². The number of aryl methyl sites for hydroxylation is 1. The second-order valence-corrected chi connectivity index (χ2v) is 9.02. The molecule has 16 nitrogen and oxygen atoms in total. The van der Waals surface area contributed by atoms with Crippen molar-refractivity contribution in [1.82, 2.24) is 35.4 Å². The van der Waals surface area contributed by atoms with Crippen LogP contribution in [-0.2, 0) is 11.3 Å². The number of amides is 4. The molecule has 0 aliphatic carbocycles. The number of carboxylic acids is 1. The number of hydrogen-bond donors (Lipinski definition) is 5. The Kier molecular flexibility index (Phi) is 7.01. The van der Waals surface area contributed by atoms with Gasteiger partial charge in [-0.05, 0) is 35.4 Å². The van der Waals surface area contributed by atoms with Crippen molar-refractivity contribution in [3.05, 3.63) is 88.2 Å². The molecule has 42 heavy (non-hydrogen) atoms. The molecule has 0 saturated carbocycles. The van der Waals surface area contributed by atoms with Crippen molar-refractivity contribution in [2.75, 3.05) is 0 Å². The first-order valence-corrected chi connectivity index (χ1v) is 12.2. The lowest BCUT2D eigenvalue weighted by Crippen LogP contribution is -2.38. The number of nitrogens with two attached hydrogens (primary N) is 2. The van der Waals surface area contributed by atoms with E-state index in [9.17, 15) is 24.0 Å². The second-order valence-electron chi connectivity index (χ2n) is 9.02. The summed E-state index contributed by atoms with van der Waals surface area (Å²) < 4.78 is 6.34. The number of carbonyl (C=O) groups excluding carboxylic acids is 4. The Bertz CT molecular complexity index is 1910. The van der Waals surface area contributed by atoms with E-state index < -0.39 is 41.3 Å². The Morgan fingerprint density at radius 3 is 2.40 bits per heavy atom. The maximum atomic E-state index is 13.4. The van der Waals surface area contributed by atoms with E-state index in [1.165, 1.54) is 24.3 Å². The normalized spacial score (nSPS) is 11.7. The SMILES string of the molecule is Cc1nc2cc(CNC(=O)c3cc(C(=O)N[C@@H](C(N)=O)c4ccc(C(=O)O)cc4)n4nnc(C(N)=O)c4n3)ccc2o1. The van der Waals surface area contributed by atoms with Crippen molar-refractivity contribution in [3.63, 3.8) is 0 Å². The quantitative estimate of drug-likeness (QED) is 0.160. The smallest absolute Gasteiger partial charge is 0.335 e. The van der Waals surface area contributed by atoms with Gasteiger partial charge in [-0.15, -0.1) is 5.10 Å². The highest BCUT2D eigenvalue weighted by molar-refractivity contribution is 6.02. The van der Waals surface area contributed by atoms with Gasteiger partial charge in [0.15, 0.2) is 22.8 Å². The van der Waals surface area contributed by atoms with Crippen molar-refractivity contribution in [2.45, 2.75) is 19.5 Å². The number of primary amides is 2. The minimum atomic E-state index is -1.39. The first kappa shape index (κ1) is 27.4. The lowest BCUT2D eigenvalue weighted by atomic mass is 10.0. The van der Waals surface area contributed by atoms with Crippen LogP contribution in [0.2, 0.25) is 0 Å². The van der Waals surface area contributed by atoms with E-state index in [1.807, 2.05) is 0 Å². The molecule has 0 unspecified atom stereocenters. The Balaban J connectivity index is 1.45. The molecule has 212 valence electrons. The van der Waals surface area contributed by atoms with E-state index in [0.717, 1.165) is 10.6 Å². The van der Waals surface area contributed by atoms with Crippen molar-refractivity contribution in [3.8, 4) is 0 Å². The molecule has 5 aromatic rings. The summed E-state index contributed by atoms with van der Waals surface area (Å²) in [5.74, 6) is -4.30. The third-order valence-electron chi connectivity index (χ3n) is 6.14. The lowest BCUT2D eigenvalue weighted by Gasteiger charge is -2.17. The summed E-state index contributed by atoms with van der Waals surface area (Å²) in [6.07, 6.45) is 0. The van der Waals surface area contributed by atoms with Crippen molar-refractivity contribution < 1.29 is 33.5 Å². The largest absolute Gasteiger partial charge is 0.478 e. The zero-order valence-corrected chi connectivity index (χ0v) is 21.7. The molecule has 1 atom stereocenters. The highest BCUT2D eigenvalue weighted by Crippen LogP contribution is 2.18. The zero-order chi connectivity index (χ0) is 30.1.